The van der Waals surface area contributed by atoms with Gasteiger partial charge in [-0.1, -0.05) is 12.1 Å². The maximum Gasteiger partial charge on any atom is 0.248 e. The number of aliphatic hydroxyl groups excluding tert-OH is 1. The molecule has 2 aromatic carbocycles. The molecule has 5 nitrogen and oxygen atoms in total. The number of anilines is 2. The van der Waals surface area contributed by atoms with Crippen molar-refractivity contribution in [1.29, 1.82) is 0 Å². The van der Waals surface area contributed by atoms with Gasteiger partial charge in [-0.2, -0.15) is 0 Å². The number of hydrogen-bond donors (Lipinski definition) is 4. The van der Waals surface area contributed by atoms with E-state index in [0.29, 0.717) is 17.8 Å². The summed E-state index contributed by atoms with van der Waals surface area (Å²) in [6, 6.07) is 12.4. The molecule has 110 valence electrons. The standard InChI is InChI=1S/C16H19N3O2/c1-10-8-13(6-7-14(10)16(18)21)19-9-15(20)11-2-4-12(17)5-3-11/h2-8,15,19-20H,9,17H2,1H3,(H2,18,21). The zero-order chi connectivity index (χ0) is 15.4. The summed E-state index contributed by atoms with van der Waals surface area (Å²) in [6.07, 6.45) is -0.637. The van der Waals surface area contributed by atoms with Gasteiger partial charge in [0, 0.05) is 23.5 Å². The van der Waals surface area contributed by atoms with E-state index in [2.05, 4.69) is 5.32 Å². The van der Waals surface area contributed by atoms with Gasteiger partial charge in [-0.3, -0.25) is 4.79 Å². The maximum absolute atomic E-state index is 11.2. The average molecular weight is 285 g/mol. The Morgan fingerprint density at radius 1 is 1.24 bits per heavy atom. The largest absolute Gasteiger partial charge is 0.399 e. The zero-order valence-electron chi connectivity index (χ0n) is 11.8. The van der Waals surface area contributed by atoms with Gasteiger partial charge >= 0.3 is 0 Å². The minimum absolute atomic E-state index is 0.360. The van der Waals surface area contributed by atoms with Crippen LogP contribution in [0.4, 0.5) is 11.4 Å². The third kappa shape index (κ3) is 3.73. The van der Waals surface area contributed by atoms with Crippen molar-refractivity contribution < 1.29 is 9.90 Å². The van der Waals surface area contributed by atoms with Crippen molar-refractivity contribution in [2.45, 2.75) is 13.0 Å². The van der Waals surface area contributed by atoms with Crippen LogP contribution in [0.25, 0.3) is 0 Å². The number of benzene rings is 2. The van der Waals surface area contributed by atoms with Gasteiger partial charge in [0.25, 0.3) is 0 Å². The van der Waals surface area contributed by atoms with Crippen molar-refractivity contribution in [1.82, 2.24) is 0 Å². The number of nitrogens with one attached hydrogen (secondary N) is 1. The molecule has 1 unspecified atom stereocenters. The normalized spacial score (nSPS) is 11.9. The summed E-state index contributed by atoms with van der Waals surface area (Å²) in [5, 5.41) is 13.2. The van der Waals surface area contributed by atoms with E-state index in [1.807, 2.05) is 13.0 Å². The van der Waals surface area contributed by atoms with Crippen LogP contribution in [0, 0.1) is 6.92 Å². The Balaban J connectivity index is 2.01. The number of carbonyl (C=O) groups excluding carboxylic acids is 1. The Bertz CT molecular complexity index is 638. The third-order valence-electron chi connectivity index (χ3n) is 3.31. The van der Waals surface area contributed by atoms with E-state index in [1.54, 1.807) is 36.4 Å². The van der Waals surface area contributed by atoms with Gasteiger partial charge in [0.1, 0.15) is 0 Å². The fraction of sp³-hybridized carbons (Fsp3) is 0.188. The first-order chi connectivity index (χ1) is 9.97. The number of primary amides is 1. The fourth-order valence-electron chi connectivity index (χ4n) is 2.10. The molecule has 0 spiro atoms. The zero-order valence-corrected chi connectivity index (χ0v) is 11.8. The molecule has 21 heavy (non-hydrogen) atoms. The van der Waals surface area contributed by atoms with Crippen molar-refractivity contribution in [2.24, 2.45) is 5.73 Å². The van der Waals surface area contributed by atoms with Crippen molar-refractivity contribution in [2.75, 3.05) is 17.6 Å². The second kappa shape index (κ2) is 6.28. The lowest BCUT2D eigenvalue weighted by atomic mass is 10.1. The van der Waals surface area contributed by atoms with E-state index in [9.17, 15) is 9.90 Å². The highest BCUT2D eigenvalue weighted by molar-refractivity contribution is 5.94. The highest BCUT2D eigenvalue weighted by Gasteiger charge is 2.09. The maximum atomic E-state index is 11.2. The summed E-state index contributed by atoms with van der Waals surface area (Å²) < 4.78 is 0. The van der Waals surface area contributed by atoms with E-state index in [-0.39, 0.29) is 0 Å². The molecular formula is C16H19N3O2. The minimum atomic E-state index is -0.637. The van der Waals surface area contributed by atoms with Crippen LogP contribution in [0.2, 0.25) is 0 Å². The molecule has 6 N–H and O–H groups in total. The predicted octanol–water partition coefficient (Wildman–Crippen LogP) is 1.82. The van der Waals surface area contributed by atoms with Crippen molar-refractivity contribution >= 4 is 17.3 Å². The first kappa shape index (κ1) is 14.9. The molecule has 0 saturated heterocycles. The lowest BCUT2D eigenvalue weighted by molar-refractivity contribution is 0.0999. The second-order valence-electron chi connectivity index (χ2n) is 4.96. The van der Waals surface area contributed by atoms with Gasteiger partial charge in [0.15, 0.2) is 0 Å². The molecule has 0 aliphatic carbocycles. The van der Waals surface area contributed by atoms with Crippen LogP contribution in [0.15, 0.2) is 42.5 Å². The fourth-order valence-corrected chi connectivity index (χ4v) is 2.10. The number of nitrogens with two attached hydrogens (primary N) is 2. The Kier molecular flexibility index (Phi) is 4.45. The first-order valence-corrected chi connectivity index (χ1v) is 6.65. The van der Waals surface area contributed by atoms with Crippen LogP contribution in [0.5, 0.6) is 0 Å². The summed E-state index contributed by atoms with van der Waals surface area (Å²) >= 11 is 0. The number of aliphatic hydroxyl groups is 1. The van der Waals surface area contributed by atoms with E-state index >= 15 is 0 Å². The van der Waals surface area contributed by atoms with E-state index in [4.69, 9.17) is 11.5 Å². The average Bonchev–Trinajstić information content (AvgIpc) is 2.45. The molecule has 0 heterocycles. The van der Waals surface area contributed by atoms with Crippen molar-refractivity contribution in [3.63, 3.8) is 0 Å². The number of amides is 1. The highest BCUT2D eigenvalue weighted by atomic mass is 16.3. The summed E-state index contributed by atoms with van der Waals surface area (Å²) in [5.74, 6) is -0.444. The second-order valence-corrected chi connectivity index (χ2v) is 4.96. The lowest BCUT2D eigenvalue weighted by Crippen LogP contribution is -2.14. The monoisotopic (exact) mass is 285 g/mol. The third-order valence-corrected chi connectivity index (χ3v) is 3.31. The summed E-state index contributed by atoms with van der Waals surface area (Å²) in [6.45, 7) is 2.18. The molecular weight excluding hydrogens is 266 g/mol. The Hall–Kier alpha value is -2.53. The molecule has 0 bridgehead atoms. The van der Waals surface area contributed by atoms with Gasteiger partial charge in [-0.05, 0) is 48.4 Å². The molecule has 1 amide bonds. The molecule has 0 aromatic heterocycles. The number of nitrogen functional groups attached to an aromatic ring is 1. The van der Waals surface area contributed by atoms with E-state index in [0.717, 1.165) is 16.8 Å². The van der Waals surface area contributed by atoms with E-state index < -0.39 is 12.0 Å². The van der Waals surface area contributed by atoms with Crippen LogP contribution < -0.4 is 16.8 Å². The molecule has 0 aliphatic rings. The molecule has 2 rings (SSSR count). The van der Waals surface area contributed by atoms with Crippen LogP contribution >= 0.6 is 0 Å². The summed E-state index contributed by atoms with van der Waals surface area (Å²) in [5.41, 5.74) is 14.5. The molecule has 5 heteroatoms. The molecule has 1 atom stereocenters. The Morgan fingerprint density at radius 3 is 2.48 bits per heavy atom. The summed E-state index contributed by atoms with van der Waals surface area (Å²) in [4.78, 5) is 11.2. The number of aryl methyl sites for hydroxylation is 1. The summed E-state index contributed by atoms with van der Waals surface area (Å²) in [7, 11) is 0. The number of hydrogen-bond acceptors (Lipinski definition) is 4. The SMILES string of the molecule is Cc1cc(NCC(O)c2ccc(N)cc2)ccc1C(N)=O. The number of carbonyl (C=O) groups is 1. The van der Waals surface area contributed by atoms with Gasteiger partial charge in [0.2, 0.25) is 5.91 Å². The smallest absolute Gasteiger partial charge is 0.248 e. The number of rotatable bonds is 5. The van der Waals surface area contributed by atoms with Crippen LogP contribution in [-0.4, -0.2) is 17.6 Å². The van der Waals surface area contributed by atoms with Crippen LogP contribution in [-0.2, 0) is 0 Å². The molecule has 0 saturated carbocycles. The minimum Gasteiger partial charge on any atom is -0.399 e. The van der Waals surface area contributed by atoms with Gasteiger partial charge < -0.3 is 21.9 Å². The van der Waals surface area contributed by atoms with Crippen LogP contribution in [0.3, 0.4) is 0 Å². The molecule has 0 radical (unpaired) electrons. The van der Waals surface area contributed by atoms with Gasteiger partial charge in [-0.15, -0.1) is 0 Å². The van der Waals surface area contributed by atoms with E-state index in [1.165, 1.54) is 0 Å². The predicted molar refractivity (Wildman–Crippen MR) is 84.0 cm³/mol. The topological polar surface area (TPSA) is 101 Å². The van der Waals surface area contributed by atoms with Crippen LogP contribution in [0.1, 0.15) is 27.6 Å². The van der Waals surface area contributed by atoms with Crippen molar-refractivity contribution in [3.8, 4) is 0 Å². The molecule has 0 fully saturated rings. The quantitative estimate of drug-likeness (QED) is 0.629. The van der Waals surface area contributed by atoms with Gasteiger partial charge in [0.05, 0.1) is 6.10 Å². The molecule has 2 aromatic rings. The Morgan fingerprint density at radius 2 is 1.90 bits per heavy atom. The van der Waals surface area contributed by atoms with Crippen molar-refractivity contribution in [3.05, 3.63) is 59.2 Å². The highest BCUT2D eigenvalue weighted by Crippen LogP contribution is 2.18. The first-order valence-electron chi connectivity index (χ1n) is 6.65. The van der Waals surface area contributed by atoms with Gasteiger partial charge in [-0.25, -0.2) is 0 Å². The lowest BCUT2D eigenvalue weighted by Gasteiger charge is -2.14. The Labute approximate surface area is 123 Å². The molecule has 0 aliphatic heterocycles.